The molecule has 2 saturated carbocycles. The van der Waals surface area contributed by atoms with E-state index >= 15 is 0 Å². The highest BCUT2D eigenvalue weighted by molar-refractivity contribution is 6.04. The number of hydrogen-bond acceptors (Lipinski definition) is 3. The van der Waals surface area contributed by atoms with Gasteiger partial charge in [0.25, 0.3) is 0 Å². The number of rotatable bonds is 11. The van der Waals surface area contributed by atoms with Crippen LogP contribution in [0.25, 0.3) is 0 Å². The van der Waals surface area contributed by atoms with Gasteiger partial charge >= 0.3 is 0 Å². The Morgan fingerprint density at radius 2 is 1.74 bits per heavy atom. The molecule has 0 spiro atoms. The lowest BCUT2D eigenvalue weighted by Gasteiger charge is -2.35. The van der Waals surface area contributed by atoms with Crippen molar-refractivity contribution < 1.29 is 4.79 Å². The van der Waals surface area contributed by atoms with Crippen LogP contribution >= 0.6 is 0 Å². The average molecular weight is 487 g/mol. The maximum absolute atomic E-state index is 13.9. The first kappa shape index (κ1) is 31.0. The third-order valence-corrected chi connectivity index (χ3v) is 7.70. The first-order valence-corrected chi connectivity index (χ1v) is 13.5. The maximum Gasteiger partial charge on any atom is 0.234 e. The van der Waals surface area contributed by atoms with Crippen molar-refractivity contribution in [3.63, 3.8) is 0 Å². The number of amidine groups is 1. The van der Waals surface area contributed by atoms with E-state index < -0.39 is 0 Å². The second-order valence-electron chi connectivity index (χ2n) is 10.1. The normalized spacial score (nSPS) is 22.4. The molecule has 0 atom stereocenters. The van der Waals surface area contributed by atoms with E-state index in [0.29, 0.717) is 11.3 Å². The van der Waals surface area contributed by atoms with Crippen LogP contribution in [0.1, 0.15) is 114 Å². The van der Waals surface area contributed by atoms with Crippen LogP contribution in [0.2, 0.25) is 0 Å². The third-order valence-electron chi connectivity index (χ3n) is 7.70. The number of aliphatic imine (C=N–C) groups is 1. The quantitative estimate of drug-likeness (QED) is 0.321. The van der Waals surface area contributed by atoms with Crippen LogP contribution in [0.5, 0.6) is 0 Å². The van der Waals surface area contributed by atoms with Crippen LogP contribution in [0, 0.1) is 10.8 Å². The van der Waals surface area contributed by atoms with Crippen LogP contribution in [-0.2, 0) is 4.79 Å². The molecule has 0 aromatic heterocycles. The summed E-state index contributed by atoms with van der Waals surface area (Å²) in [6, 6.07) is 0. The van der Waals surface area contributed by atoms with Crippen LogP contribution in [0.3, 0.4) is 0 Å². The van der Waals surface area contributed by atoms with E-state index in [1.807, 2.05) is 20.0 Å². The molecular weight excluding hydrogens is 432 g/mol. The standard InChI is InChI=1S/C26H40N4O.C2H6.2CH4/c1-4-11-25(14-15-25)19-30(24(31)26(22-18-29-22)12-6-7-13-26)17-8-9-20(3)21-10-16-28-23(21)27-5-2;1-2;;/h10,16,18,29H,4-9,11-15,17,19H2,1-3H3,(H,27,28);1-2H3;2*1H4/b21-20+;;;. The minimum Gasteiger partial charge on any atom is -0.361 e. The molecule has 2 aliphatic carbocycles. The third kappa shape index (κ3) is 7.24. The van der Waals surface area contributed by atoms with Crippen molar-refractivity contribution in [1.82, 2.24) is 15.5 Å². The maximum atomic E-state index is 13.9. The van der Waals surface area contributed by atoms with Crippen molar-refractivity contribution >= 4 is 11.7 Å². The lowest BCUT2D eigenvalue weighted by molar-refractivity contribution is -0.140. The molecule has 0 aromatic carbocycles. The van der Waals surface area contributed by atoms with Gasteiger partial charge in [0, 0.05) is 43.3 Å². The second kappa shape index (κ2) is 13.9. The molecular formula is C30H54N4O. The monoisotopic (exact) mass is 486 g/mol. The Morgan fingerprint density at radius 1 is 1.09 bits per heavy atom. The predicted octanol–water partition coefficient (Wildman–Crippen LogP) is 7.33. The summed E-state index contributed by atoms with van der Waals surface area (Å²) in [4.78, 5) is 20.8. The van der Waals surface area contributed by atoms with Crippen molar-refractivity contribution in [1.29, 1.82) is 0 Å². The van der Waals surface area contributed by atoms with Gasteiger partial charge in [-0.05, 0) is 70.3 Å². The van der Waals surface area contributed by atoms with Crippen molar-refractivity contribution in [2.24, 2.45) is 15.8 Å². The molecule has 2 heterocycles. The molecule has 2 N–H and O–H groups in total. The molecule has 1 amide bonds. The van der Waals surface area contributed by atoms with E-state index in [1.165, 1.54) is 55.4 Å². The SMILES string of the molecule is C.C.CC.CCCC1(CN(CCC/C(C)=C2\C=CNC2=NCC)C(=O)C2(C3=CN3)CCCC2)CC1. The van der Waals surface area contributed by atoms with Crippen LogP contribution in [0.15, 0.2) is 40.3 Å². The predicted molar refractivity (Wildman–Crippen MR) is 152 cm³/mol. The zero-order valence-electron chi connectivity index (χ0n) is 21.7. The average Bonchev–Trinajstić information content (AvgIpc) is 3.72. The summed E-state index contributed by atoms with van der Waals surface area (Å²) in [5.74, 6) is 1.38. The van der Waals surface area contributed by atoms with Gasteiger partial charge in [0.1, 0.15) is 5.84 Å². The van der Waals surface area contributed by atoms with E-state index in [1.54, 1.807) is 0 Å². The molecule has 0 aromatic rings. The van der Waals surface area contributed by atoms with Gasteiger partial charge in [-0.15, -0.1) is 0 Å². The number of nitrogens with zero attached hydrogens (tertiary/aromatic N) is 2. The van der Waals surface area contributed by atoms with Crippen LogP contribution < -0.4 is 10.6 Å². The van der Waals surface area contributed by atoms with Gasteiger partial charge in [0.15, 0.2) is 0 Å². The zero-order chi connectivity index (χ0) is 23.9. The van der Waals surface area contributed by atoms with Gasteiger partial charge in [-0.3, -0.25) is 9.79 Å². The summed E-state index contributed by atoms with van der Waals surface area (Å²) >= 11 is 0. The molecule has 0 unspecified atom stereocenters. The molecule has 2 aliphatic heterocycles. The van der Waals surface area contributed by atoms with Gasteiger partial charge < -0.3 is 15.5 Å². The largest absolute Gasteiger partial charge is 0.361 e. The Morgan fingerprint density at radius 3 is 2.29 bits per heavy atom. The topological polar surface area (TPSA) is 66.6 Å². The summed E-state index contributed by atoms with van der Waals surface area (Å²) in [5, 5.41) is 6.55. The Hall–Kier alpha value is -2.04. The van der Waals surface area contributed by atoms with Crippen molar-refractivity contribution in [2.75, 3.05) is 19.6 Å². The number of carbonyl (C=O) groups is 1. The van der Waals surface area contributed by atoms with E-state index in [-0.39, 0.29) is 20.3 Å². The summed E-state index contributed by atoms with van der Waals surface area (Å²) in [6.45, 7) is 13.2. The lowest BCUT2D eigenvalue weighted by Crippen LogP contribution is -2.46. The summed E-state index contributed by atoms with van der Waals surface area (Å²) in [7, 11) is 0. The molecule has 5 nitrogen and oxygen atoms in total. The lowest BCUT2D eigenvalue weighted by atomic mass is 9.82. The van der Waals surface area contributed by atoms with Gasteiger partial charge in [-0.25, -0.2) is 0 Å². The fourth-order valence-electron chi connectivity index (χ4n) is 5.71. The van der Waals surface area contributed by atoms with Crippen LogP contribution in [-0.4, -0.2) is 36.3 Å². The molecule has 0 radical (unpaired) electrons. The van der Waals surface area contributed by atoms with Crippen LogP contribution in [0.4, 0.5) is 0 Å². The number of allylic oxidation sites excluding steroid dienone is 1. The summed E-state index contributed by atoms with van der Waals surface area (Å²) in [5.41, 5.74) is 3.92. The molecule has 5 heteroatoms. The molecule has 0 bridgehead atoms. The van der Waals surface area contributed by atoms with Crippen molar-refractivity contribution in [3.8, 4) is 0 Å². The van der Waals surface area contributed by atoms with Crippen molar-refractivity contribution in [2.45, 2.75) is 114 Å². The Bertz CT molecular complexity index is 810. The molecule has 4 rings (SSSR count). The van der Waals surface area contributed by atoms with Gasteiger partial charge in [0.05, 0.1) is 5.41 Å². The van der Waals surface area contributed by atoms with E-state index in [4.69, 9.17) is 0 Å². The molecule has 2 fully saturated rings. The number of hydrogen-bond donors (Lipinski definition) is 2. The Balaban J connectivity index is 0.00000149. The zero-order valence-corrected chi connectivity index (χ0v) is 21.7. The fraction of sp³-hybridized carbons (Fsp3) is 0.733. The fourth-order valence-corrected chi connectivity index (χ4v) is 5.71. The Labute approximate surface area is 216 Å². The molecule has 35 heavy (non-hydrogen) atoms. The highest BCUT2D eigenvalue weighted by Crippen LogP contribution is 2.52. The number of amides is 1. The summed E-state index contributed by atoms with van der Waals surface area (Å²) in [6.07, 6.45) is 17.6. The van der Waals surface area contributed by atoms with Gasteiger partial charge in [-0.1, -0.05) is 60.5 Å². The van der Waals surface area contributed by atoms with E-state index in [9.17, 15) is 4.79 Å². The highest BCUT2D eigenvalue weighted by atomic mass is 16.2. The first-order valence-electron chi connectivity index (χ1n) is 13.5. The minimum atomic E-state index is -0.255. The first-order chi connectivity index (χ1) is 16.0. The smallest absolute Gasteiger partial charge is 0.234 e. The summed E-state index contributed by atoms with van der Waals surface area (Å²) < 4.78 is 0. The van der Waals surface area contributed by atoms with Crippen molar-refractivity contribution in [3.05, 3.63) is 35.3 Å². The highest BCUT2D eigenvalue weighted by Gasteiger charge is 2.51. The van der Waals surface area contributed by atoms with E-state index in [0.717, 1.165) is 51.2 Å². The molecule has 4 aliphatic rings. The molecule has 0 saturated heterocycles. The number of nitrogens with one attached hydrogen (secondary N) is 2. The van der Waals surface area contributed by atoms with Gasteiger partial charge in [-0.2, -0.15) is 0 Å². The second-order valence-corrected chi connectivity index (χ2v) is 10.1. The van der Waals surface area contributed by atoms with Gasteiger partial charge in [0.2, 0.25) is 5.91 Å². The van der Waals surface area contributed by atoms with E-state index in [2.05, 4.69) is 53.6 Å². The number of carbonyl (C=O) groups excluding carboxylic acids is 1. The molecule has 200 valence electrons. The Kier molecular flexibility index (Phi) is 12.3. The minimum absolute atomic E-state index is 0.